The first-order valence-electron chi connectivity index (χ1n) is 3.16. The van der Waals surface area contributed by atoms with Crippen LogP contribution >= 0.6 is 0 Å². The van der Waals surface area contributed by atoms with E-state index in [9.17, 15) is 5.11 Å². The molecule has 3 atom stereocenters. The molecule has 1 N–H and O–H groups in total. The van der Waals surface area contributed by atoms with E-state index in [0.717, 1.165) is 0 Å². The highest BCUT2D eigenvalue weighted by Crippen LogP contribution is 2.25. The van der Waals surface area contributed by atoms with Gasteiger partial charge in [-0.25, -0.2) is 0 Å². The molecule has 0 saturated carbocycles. The highest BCUT2D eigenvalue weighted by molar-refractivity contribution is 6.11. The number of aliphatic hydroxyl groups is 1. The van der Waals surface area contributed by atoms with Gasteiger partial charge in [0.05, 0.1) is 6.00 Å². The van der Waals surface area contributed by atoms with Crippen LogP contribution in [0.1, 0.15) is 6.92 Å². The molecule has 2 nitrogen and oxygen atoms in total. The average Bonchev–Trinajstić information content (AvgIpc) is 1.98. The van der Waals surface area contributed by atoms with Crippen molar-refractivity contribution in [3.63, 3.8) is 0 Å². The molecule has 3 unspecified atom stereocenters. The van der Waals surface area contributed by atoms with Crippen molar-refractivity contribution < 1.29 is 9.84 Å². The number of rotatable bonds is 0. The third-order valence-electron chi connectivity index (χ3n) is 1.91. The van der Waals surface area contributed by atoms with Crippen LogP contribution in [0.4, 0.5) is 0 Å². The van der Waals surface area contributed by atoms with E-state index in [1.165, 1.54) is 0 Å². The Morgan fingerprint density at radius 2 is 2.33 bits per heavy atom. The van der Waals surface area contributed by atoms with Crippen molar-refractivity contribution >= 4 is 7.85 Å². The molecule has 0 aromatic rings. The lowest BCUT2D eigenvalue weighted by molar-refractivity contribution is 0.172. The Balaban J connectivity index is 2.65. The van der Waals surface area contributed by atoms with Crippen LogP contribution in [0.5, 0.6) is 0 Å². The molecule has 1 saturated heterocycles. The van der Waals surface area contributed by atoms with E-state index in [1.54, 1.807) is 0 Å². The van der Waals surface area contributed by atoms with Gasteiger partial charge in [-0.15, -0.1) is 0 Å². The largest absolute Gasteiger partial charge is 0.502 e. The molecule has 0 radical (unpaired) electrons. The van der Waals surface area contributed by atoms with Crippen LogP contribution in [0.15, 0.2) is 12.3 Å². The van der Waals surface area contributed by atoms with Gasteiger partial charge in [0.2, 0.25) is 0 Å². The van der Waals surface area contributed by atoms with Crippen molar-refractivity contribution in [2.45, 2.75) is 19.0 Å². The Morgan fingerprint density at radius 3 is 2.44 bits per heavy atom. The number of ether oxygens (including phenoxy) is 1. The second-order valence-electron chi connectivity index (χ2n) is 2.59. The third-order valence-corrected chi connectivity index (χ3v) is 1.91. The van der Waals surface area contributed by atoms with Crippen LogP contribution in [0, 0.1) is 5.92 Å². The van der Waals surface area contributed by atoms with Gasteiger partial charge in [0, 0.05) is 5.92 Å². The van der Waals surface area contributed by atoms with Crippen LogP contribution in [0.25, 0.3) is 0 Å². The lowest BCUT2D eigenvalue weighted by Gasteiger charge is -2.07. The van der Waals surface area contributed by atoms with Crippen LogP contribution in [0.2, 0.25) is 0 Å². The summed E-state index contributed by atoms with van der Waals surface area (Å²) in [4.78, 5) is 0. The molecule has 50 valence electrons. The molecule has 1 fully saturated rings. The summed E-state index contributed by atoms with van der Waals surface area (Å²) in [6, 6.07) is 0.118. The fourth-order valence-corrected chi connectivity index (χ4v) is 0.966. The molecule has 1 aliphatic rings. The predicted molar refractivity (Wildman–Crippen MR) is 37.7 cm³/mol. The maximum atomic E-state index is 9.21. The summed E-state index contributed by atoms with van der Waals surface area (Å²) in [5.41, 5.74) is 0. The van der Waals surface area contributed by atoms with E-state index in [4.69, 9.17) is 4.74 Å². The molecule has 9 heavy (non-hydrogen) atoms. The second-order valence-corrected chi connectivity index (χ2v) is 2.59. The fourth-order valence-electron chi connectivity index (χ4n) is 0.966. The molecular formula is C6H11BO2. The van der Waals surface area contributed by atoms with Gasteiger partial charge in [0.15, 0.2) is 7.85 Å². The summed E-state index contributed by atoms with van der Waals surface area (Å²) in [5.74, 6) is 0.701. The van der Waals surface area contributed by atoms with E-state index in [0.29, 0.717) is 5.76 Å². The summed E-state index contributed by atoms with van der Waals surface area (Å²) >= 11 is 0. The van der Waals surface area contributed by atoms with Crippen molar-refractivity contribution in [2.75, 3.05) is 0 Å². The van der Waals surface area contributed by atoms with E-state index < -0.39 is 6.10 Å². The lowest BCUT2D eigenvalue weighted by atomic mass is 9.87. The van der Waals surface area contributed by atoms with Gasteiger partial charge < -0.3 is 9.84 Å². The zero-order valence-electron chi connectivity index (χ0n) is 5.79. The normalized spacial score (nSPS) is 42.9. The molecular weight excluding hydrogens is 115 g/mol. The molecule has 0 aromatic heterocycles. The Morgan fingerprint density at radius 1 is 1.78 bits per heavy atom. The van der Waals surface area contributed by atoms with Crippen LogP contribution < -0.4 is 0 Å². The van der Waals surface area contributed by atoms with Crippen molar-refractivity contribution in [3.8, 4) is 0 Å². The maximum Gasteiger partial charge on any atom is 0.155 e. The summed E-state index contributed by atoms with van der Waals surface area (Å²) in [6.07, 6.45) is -0.458. The number of aliphatic hydroxyl groups excluding tert-OH is 1. The maximum absolute atomic E-state index is 9.21. The molecule has 1 rings (SSSR count). The zero-order chi connectivity index (χ0) is 7.02. The van der Waals surface area contributed by atoms with Crippen molar-refractivity contribution in [1.82, 2.24) is 0 Å². The minimum absolute atomic E-state index is 0.118. The quantitative estimate of drug-likeness (QED) is 0.443. The molecule has 3 heteroatoms. The van der Waals surface area contributed by atoms with Crippen LogP contribution in [-0.4, -0.2) is 25.1 Å². The van der Waals surface area contributed by atoms with Gasteiger partial charge in [-0.05, 0) is 0 Å². The van der Waals surface area contributed by atoms with Gasteiger partial charge >= 0.3 is 0 Å². The van der Waals surface area contributed by atoms with E-state index in [-0.39, 0.29) is 11.9 Å². The SMILES string of the molecule is BC1OC(=C)C(O)C1C. The topological polar surface area (TPSA) is 29.5 Å². The Kier molecular flexibility index (Phi) is 1.53. The first kappa shape index (κ1) is 6.68. The average molecular weight is 126 g/mol. The van der Waals surface area contributed by atoms with E-state index in [1.807, 2.05) is 14.8 Å². The second kappa shape index (κ2) is 2.07. The molecule has 0 aliphatic carbocycles. The Hall–Kier alpha value is -0.435. The standard InChI is InChI=1S/C6H11BO2/c1-3-5(8)4(2)9-6(3)7/h3,5-6,8H,2,7H2,1H3. The van der Waals surface area contributed by atoms with Crippen LogP contribution in [0.3, 0.4) is 0 Å². The summed E-state index contributed by atoms with van der Waals surface area (Å²) in [5, 5.41) is 9.21. The highest BCUT2D eigenvalue weighted by Gasteiger charge is 2.32. The molecule has 1 aliphatic heterocycles. The van der Waals surface area contributed by atoms with Gasteiger partial charge in [-0.1, -0.05) is 13.5 Å². The first-order valence-corrected chi connectivity index (χ1v) is 3.16. The zero-order valence-corrected chi connectivity index (χ0v) is 5.79. The Bertz CT molecular complexity index is 135. The predicted octanol–water partition coefficient (Wildman–Crippen LogP) is -0.514. The molecule has 0 aromatic carbocycles. The van der Waals surface area contributed by atoms with Gasteiger partial charge in [-0.2, -0.15) is 0 Å². The Labute approximate surface area is 55.9 Å². The van der Waals surface area contributed by atoms with E-state index >= 15 is 0 Å². The minimum Gasteiger partial charge on any atom is -0.502 e. The molecule has 0 spiro atoms. The molecule has 1 heterocycles. The summed E-state index contributed by atoms with van der Waals surface area (Å²) in [6.45, 7) is 5.52. The minimum atomic E-state index is -0.458. The molecule has 0 bridgehead atoms. The lowest BCUT2D eigenvalue weighted by Crippen LogP contribution is -2.19. The fraction of sp³-hybridized carbons (Fsp3) is 0.667. The van der Waals surface area contributed by atoms with Gasteiger partial charge in [-0.3, -0.25) is 0 Å². The molecule has 0 amide bonds. The third kappa shape index (κ3) is 0.967. The highest BCUT2D eigenvalue weighted by atomic mass is 16.5. The first-order chi connectivity index (χ1) is 4.13. The smallest absolute Gasteiger partial charge is 0.155 e. The van der Waals surface area contributed by atoms with Gasteiger partial charge in [0.25, 0.3) is 0 Å². The van der Waals surface area contributed by atoms with Gasteiger partial charge in [0.1, 0.15) is 11.9 Å². The van der Waals surface area contributed by atoms with E-state index in [2.05, 4.69) is 6.58 Å². The summed E-state index contributed by atoms with van der Waals surface area (Å²) in [7, 11) is 1.94. The monoisotopic (exact) mass is 126 g/mol. The van der Waals surface area contributed by atoms with Crippen molar-refractivity contribution in [1.29, 1.82) is 0 Å². The van der Waals surface area contributed by atoms with Crippen LogP contribution in [-0.2, 0) is 4.74 Å². The van der Waals surface area contributed by atoms with Crippen molar-refractivity contribution in [3.05, 3.63) is 12.3 Å². The number of hydrogen-bond donors (Lipinski definition) is 1. The van der Waals surface area contributed by atoms with Crippen molar-refractivity contribution in [2.24, 2.45) is 5.92 Å². The summed E-state index contributed by atoms with van der Waals surface area (Å²) < 4.78 is 5.14. The number of hydrogen-bond acceptors (Lipinski definition) is 2.